The maximum atomic E-state index is 9.18. The van der Waals surface area contributed by atoms with Gasteiger partial charge in [0.1, 0.15) is 28.1 Å². The van der Waals surface area contributed by atoms with Crippen molar-refractivity contribution < 1.29 is 4.74 Å². The number of nitrogen functional groups attached to an aromatic ring is 1. The average molecular weight is 248 g/mol. The first-order valence-electron chi connectivity index (χ1n) is 5.21. The highest BCUT2D eigenvalue weighted by Gasteiger charge is 2.18. The Labute approximate surface area is 104 Å². The Morgan fingerprint density at radius 3 is 2.94 bits per heavy atom. The second-order valence-electron chi connectivity index (χ2n) is 3.49. The van der Waals surface area contributed by atoms with Gasteiger partial charge in [-0.1, -0.05) is 0 Å². The van der Waals surface area contributed by atoms with E-state index in [4.69, 9.17) is 10.5 Å². The highest BCUT2D eigenvalue weighted by atomic mass is 32.2. The Kier molecular flexibility index (Phi) is 3.49. The Bertz CT molecular complexity index is 507. The number of nitriles is 1. The molecule has 0 saturated carbocycles. The van der Waals surface area contributed by atoms with Crippen molar-refractivity contribution >= 4 is 23.5 Å². The van der Waals surface area contributed by atoms with E-state index in [0.29, 0.717) is 28.6 Å². The molecule has 0 atom stereocenters. The molecule has 0 aromatic carbocycles. The number of hydrogen-bond donors (Lipinski definition) is 1. The Morgan fingerprint density at radius 2 is 2.35 bits per heavy atom. The van der Waals surface area contributed by atoms with E-state index in [1.54, 1.807) is 0 Å². The smallest absolute Gasteiger partial charge is 0.221 e. The monoisotopic (exact) mass is 248 g/mol. The average Bonchev–Trinajstić information content (AvgIpc) is 2.38. The standard InChI is InChI=1S/C11H12N4OS/c1-17-10-7(6-12)9(14-11(13)15-10)8-4-2-3-5-16-8/h4H,2-3,5H2,1H3,(H2,13,14,15). The molecule has 0 aliphatic carbocycles. The normalized spacial score (nSPS) is 14.7. The summed E-state index contributed by atoms with van der Waals surface area (Å²) in [5.74, 6) is 0.802. The molecule has 2 rings (SSSR count). The van der Waals surface area contributed by atoms with Gasteiger partial charge in [-0.2, -0.15) is 5.26 Å². The fourth-order valence-corrected chi connectivity index (χ4v) is 2.14. The van der Waals surface area contributed by atoms with E-state index < -0.39 is 0 Å². The van der Waals surface area contributed by atoms with E-state index in [9.17, 15) is 5.26 Å². The number of ether oxygens (including phenoxy) is 1. The van der Waals surface area contributed by atoms with Crippen LogP contribution in [0, 0.1) is 11.3 Å². The van der Waals surface area contributed by atoms with Crippen LogP contribution in [-0.4, -0.2) is 22.8 Å². The van der Waals surface area contributed by atoms with Crippen LogP contribution in [0.25, 0.3) is 5.76 Å². The summed E-state index contributed by atoms with van der Waals surface area (Å²) in [5, 5.41) is 9.77. The van der Waals surface area contributed by atoms with E-state index in [2.05, 4.69) is 16.0 Å². The van der Waals surface area contributed by atoms with Gasteiger partial charge in [-0.05, 0) is 25.2 Å². The molecule has 1 aliphatic heterocycles. The maximum absolute atomic E-state index is 9.18. The number of nitrogens with zero attached hydrogens (tertiary/aromatic N) is 3. The molecule has 0 fully saturated rings. The predicted molar refractivity (Wildman–Crippen MR) is 66.1 cm³/mol. The van der Waals surface area contributed by atoms with Crippen LogP contribution >= 0.6 is 11.8 Å². The molecular weight excluding hydrogens is 236 g/mol. The molecule has 0 radical (unpaired) electrons. The van der Waals surface area contributed by atoms with Crippen LogP contribution in [0.15, 0.2) is 11.1 Å². The third-order valence-electron chi connectivity index (χ3n) is 2.37. The molecule has 6 heteroatoms. The minimum atomic E-state index is 0.165. The first-order chi connectivity index (χ1) is 8.26. The fraction of sp³-hybridized carbons (Fsp3) is 0.364. The second-order valence-corrected chi connectivity index (χ2v) is 4.28. The minimum Gasteiger partial charge on any atom is -0.492 e. The maximum Gasteiger partial charge on any atom is 0.221 e. The minimum absolute atomic E-state index is 0.165. The molecule has 0 spiro atoms. The van der Waals surface area contributed by atoms with Gasteiger partial charge in [0, 0.05) is 0 Å². The van der Waals surface area contributed by atoms with Gasteiger partial charge in [-0.25, -0.2) is 9.97 Å². The van der Waals surface area contributed by atoms with Crippen LogP contribution in [0.5, 0.6) is 0 Å². The molecule has 0 saturated heterocycles. The number of thioether (sulfide) groups is 1. The van der Waals surface area contributed by atoms with Crippen LogP contribution in [-0.2, 0) is 4.74 Å². The summed E-state index contributed by atoms with van der Waals surface area (Å²) >= 11 is 1.38. The van der Waals surface area contributed by atoms with Crippen LogP contribution in [0.4, 0.5) is 5.95 Å². The van der Waals surface area contributed by atoms with Crippen molar-refractivity contribution in [2.75, 3.05) is 18.6 Å². The Balaban J connectivity index is 2.56. The van der Waals surface area contributed by atoms with E-state index in [1.807, 2.05) is 12.3 Å². The van der Waals surface area contributed by atoms with Crippen molar-refractivity contribution in [2.24, 2.45) is 0 Å². The van der Waals surface area contributed by atoms with Crippen LogP contribution in [0.3, 0.4) is 0 Å². The Hall–Kier alpha value is -1.74. The third-order valence-corrected chi connectivity index (χ3v) is 3.05. The van der Waals surface area contributed by atoms with Crippen molar-refractivity contribution in [3.05, 3.63) is 17.3 Å². The SMILES string of the molecule is CSc1nc(N)nc(C2=CCCCO2)c1C#N. The molecule has 0 bridgehead atoms. The van der Waals surface area contributed by atoms with Gasteiger partial charge in [0.2, 0.25) is 5.95 Å². The highest BCUT2D eigenvalue weighted by molar-refractivity contribution is 7.98. The number of anilines is 1. The first kappa shape index (κ1) is 11.7. The Morgan fingerprint density at radius 1 is 1.53 bits per heavy atom. The van der Waals surface area contributed by atoms with Crippen molar-refractivity contribution in [1.82, 2.24) is 9.97 Å². The van der Waals surface area contributed by atoms with E-state index in [0.717, 1.165) is 12.8 Å². The summed E-state index contributed by atoms with van der Waals surface area (Å²) in [6, 6.07) is 2.12. The van der Waals surface area contributed by atoms with Crippen molar-refractivity contribution in [3.63, 3.8) is 0 Å². The first-order valence-corrected chi connectivity index (χ1v) is 6.43. The molecule has 2 N–H and O–H groups in total. The number of aromatic nitrogens is 2. The predicted octanol–water partition coefficient (Wildman–Crippen LogP) is 1.80. The molecule has 88 valence electrons. The van der Waals surface area contributed by atoms with Gasteiger partial charge in [0.25, 0.3) is 0 Å². The number of rotatable bonds is 2. The number of allylic oxidation sites excluding steroid dienone is 1. The van der Waals surface area contributed by atoms with Crippen LogP contribution in [0.1, 0.15) is 24.1 Å². The zero-order chi connectivity index (χ0) is 12.3. The lowest BCUT2D eigenvalue weighted by molar-refractivity contribution is 0.257. The zero-order valence-electron chi connectivity index (χ0n) is 9.43. The lowest BCUT2D eigenvalue weighted by Crippen LogP contribution is -2.08. The quantitative estimate of drug-likeness (QED) is 0.634. The second kappa shape index (κ2) is 5.06. The number of hydrogen-bond acceptors (Lipinski definition) is 6. The van der Waals surface area contributed by atoms with Gasteiger partial charge in [0.15, 0.2) is 0 Å². The summed E-state index contributed by atoms with van der Waals surface area (Å²) in [6.07, 6.45) is 5.71. The van der Waals surface area contributed by atoms with E-state index in [1.165, 1.54) is 11.8 Å². The van der Waals surface area contributed by atoms with Gasteiger partial charge in [0.05, 0.1) is 6.61 Å². The highest BCUT2D eigenvalue weighted by Crippen LogP contribution is 2.28. The molecule has 1 aliphatic rings. The van der Waals surface area contributed by atoms with Crippen molar-refractivity contribution in [1.29, 1.82) is 5.26 Å². The summed E-state index contributed by atoms with van der Waals surface area (Å²) in [4.78, 5) is 8.16. The molecule has 0 unspecified atom stereocenters. The van der Waals surface area contributed by atoms with Gasteiger partial charge in [-0.3, -0.25) is 0 Å². The largest absolute Gasteiger partial charge is 0.492 e. The molecule has 1 aromatic heterocycles. The molecule has 1 aromatic rings. The van der Waals surface area contributed by atoms with E-state index in [-0.39, 0.29) is 5.95 Å². The summed E-state index contributed by atoms with van der Waals surface area (Å²) in [6.45, 7) is 0.648. The molecule has 17 heavy (non-hydrogen) atoms. The summed E-state index contributed by atoms with van der Waals surface area (Å²) in [5.41, 5.74) is 6.57. The lowest BCUT2D eigenvalue weighted by Gasteiger charge is -2.16. The summed E-state index contributed by atoms with van der Waals surface area (Å²) in [7, 11) is 0. The molecular formula is C11H12N4OS. The third kappa shape index (κ3) is 2.34. The number of nitrogens with two attached hydrogens (primary N) is 1. The van der Waals surface area contributed by atoms with Crippen LogP contribution < -0.4 is 5.73 Å². The van der Waals surface area contributed by atoms with Crippen LogP contribution in [0.2, 0.25) is 0 Å². The topological polar surface area (TPSA) is 84.8 Å². The molecule has 0 amide bonds. The molecule has 5 nitrogen and oxygen atoms in total. The van der Waals surface area contributed by atoms with Gasteiger partial charge < -0.3 is 10.5 Å². The van der Waals surface area contributed by atoms with Gasteiger partial charge >= 0.3 is 0 Å². The fourth-order valence-electron chi connectivity index (χ4n) is 1.61. The summed E-state index contributed by atoms with van der Waals surface area (Å²) < 4.78 is 5.52. The van der Waals surface area contributed by atoms with Gasteiger partial charge in [-0.15, -0.1) is 11.8 Å². The van der Waals surface area contributed by atoms with Crippen molar-refractivity contribution in [3.8, 4) is 6.07 Å². The van der Waals surface area contributed by atoms with Crippen molar-refractivity contribution in [2.45, 2.75) is 17.9 Å². The molecule has 2 heterocycles. The zero-order valence-corrected chi connectivity index (χ0v) is 10.3. The lowest BCUT2D eigenvalue weighted by atomic mass is 10.1. The van der Waals surface area contributed by atoms with E-state index >= 15 is 0 Å².